The molecule has 0 aliphatic carbocycles. The molecule has 2 amide bonds. The first kappa shape index (κ1) is 21.9. The Kier molecular flexibility index (Phi) is 7.65. The number of hydrogen-bond donors (Lipinski definition) is 1. The quantitative estimate of drug-likeness (QED) is 0.564. The number of nitrogens with zero attached hydrogens (tertiary/aromatic N) is 1. The van der Waals surface area contributed by atoms with Crippen LogP contribution in [0.5, 0.6) is 11.5 Å². The summed E-state index contributed by atoms with van der Waals surface area (Å²) in [4.78, 5) is 25.4. The van der Waals surface area contributed by atoms with Crippen LogP contribution in [0, 0.1) is 0 Å². The fourth-order valence-corrected chi connectivity index (χ4v) is 2.86. The van der Waals surface area contributed by atoms with Crippen LogP contribution in [0.4, 0.5) is 5.69 Å². The summed E-state index contributed by atoms with van der Waals surface area (Å²) in [7, 11) is 1.72. The summed E-state index contributed by atoms with van der Waals surface area (Å²) in [5.41, 5.74) is 2.61. The van der Waals surface area contributed by atoms with Gasteiger partial charge in [0.05, 0.1) is 0 Å². The molecular weight excluding hydrogens is 392 g/mol. The van der Waals surface area contributed by atoms with Crippen molar-refractivity contribution in [3.8, 4) is 11.5 Å². The first-order chi connectivity index (χ1) is 15.0. The highest BCUT2D eigenvalue weighted by molar-refractivity contribution is 5.92. The zero-order valence-electron chi connectivity index (χ0n) is 17.7. The van der Waals surface area contributed by atoms with Gasteiger partial charge >= 0.3 is 0 Å². The Bertz CT molecular complexity index is 1000. The van der Waals surface area contributed by atoms with Crippen molar-refractivity contribution in [1.82, 2.24) is 4.90 Å². The van der Waals surface area contributed by atoms with Gasteiger partial charge in [0, 0.05) is 26.2 Å². The molecule has 0 aliphatic rings. The minimum atomic E-state index is -0.276. The van der Waals surface area contributed by atoms with Crippen LogP contribution in [0.15, 0.2) is 78.9 Å². The third-order valence-electron chi connectivity index (χ3n) is 4.68. The van der Waals surface area contributed by atoms with E-state index < -0.39 is 0 Å². The van der Waals surface area contributed by atoms with Gasteiger partial charge in [0.2, 0.25) is 5.91 Å². The Labute approximate surface area is 182 Å². The predicted molar refractivity (Wildman–Crippen MR) is 120 cm³/mol. The summed E-state index contributed by atoms with van der Waals surface area (Å²) in [5, 5.41) is 2.85. The maximum Gasteiger partial charge on any atom is 0.262 e. The number of amides is 2. The smallest absolute Gasteiger partial charge is 0.262 e. The lowest BCUT2D eigenvalue weighted by Gasteiger charge is -2.18. The molecule has 0 aromatic heterocycles. The van der Waals surface area contributed by atoms with E-state index in [1.807, 2.05) is 60.7 Å². The normalized spacial score (nSPS) is 10.3. The fourth-order valence-electron chi connectivity index (χ4n) is 2.86. The van der Waals surface area contributed by atoms with Gasteiger partial charge in [0.15, 0.2) is 6.61 Å². The van der Waals surface area contributed by atoms with Crippen LogP contribution in [0.2, 0.25) is 0 Å². The second-order valence-corrected chi connectivity index (χ2v) is 7.11. The topological polar surface area (TPSA) is 67.9 Å². The minimum Gasteiger partial charge on any atom is -0.489 e. The molecule has 0 spiro atoms. The van der Waals surface area contributed by atoms with E-state index >= 15 is 0 Å². The third-order valence-corrected chi connectivity index (χ3v) is 4.68. The van der Waals surface area contributed by atoms with Gasteiger partial charge in [-0.2, -0.15) is 0 Å². The molecule has 6 nitrogen and oxygen atoms in total. The molecule has 0 radical (unpaired) electrons. The van der Waals surface area contributed by atoms with Gasteiger partial charge in [-0.05, 0) is 41.5 Å². The van der Waals surface area contributed by atoms with E-state index in [0.29, 0.717) is 24.6 Å². The summed E-state index contributed by atoms with van der Waals surface area (Å²) < 4.78 is 11.3. The van der Waals surface area contributed by atoms with Gasteiger partial charge in [-0.1, -0.05) is 48.5 Å². The zero-order chi connectivity index (χ0) is 22.1. The SMILES string of the molecule is CC(=O)N(C)Cc1ccccc1NC(=O)COc1ccc(OCc2ccccc2)cc1. The molecule has 0 heterocycles. The molecule has 0 bridgehead atoms. The highest BCUT2D eigenvalue weighted by atomic mass is 16.5. The summed E-state index contributed by atoms with van der Waals surface area (Å²) >= 11 is 0. The van der Waals surface area contributed by atoms with Gasteiger partial charge < -0.3 is 19.7 Å². The van der Waals surface area contributed by atoms with E-state index in [0.717, 1.165) is 16.9 Å². The molecule has 0 fully saturated rings. The molecular formula is C25H26N2O4. The molecule has 3 aromatic rings. The van der Waals surface area contributed by atoms with Crippen molar-refractivity contribution in [2.24, 2.45) is 0 Å². The molecule has 160 valence electrons. The second kappa shape index (κ2) is 10.8. The van der Waals surface area contributed by atoms with Crippen molar-refractivity contribution in [2.45, 2.75) is 20.1 Å². The molecule has 1 N–H and O–H groups in total. The standard InChI is InChI=1S/C25H26N2O4/c1-19(28)27(2)16-21-10-6-7-11-24(21)26-25(29)18-31-23-14-12-22(13-15-23)30-17-20-8-4-3-5-9-20/h3-15H,16-18H2,1-2H3,(H,26,29). The number of nitrogens with one attached hydrogen (secondary N) is 1. The Morgan fingerprint density at radius 1 is 0.839 bits per heavy atom. The van der Waals surface area contributed by atoms with E-state index in [9.17, 15) is 9.59 Å². The van der Waals surface area contributed by atoms with E-state index in [2.05, 4.69) is 5.32 Å². The number of ether oxygens (including phenoxy) is 2. The summed E-state index contributed by atoms with van der Waals surface area (Å²) in [6.45, 7) is 2.28. The third kappa shape index (κ3) is 6.89. The van der Waals surface area contributed by atoms with Gasteiger partial charge in [-0.25, -0.2) is 0 Å². The number of hydrogen-bond acceptors (Lipinski definition) is 4. The summed E-state index contributed by atoms with van der Waals surface area (Å²) in [5.74, 6) is 0.985. The van der Waals surface area contributed by atoms with Crippen molar-refractivity contribution in [2.75, 3.05) is 19.0 Å². The second-order valence-electron chi connectivity index (χ2n) is 7.11. The molecule has 0 saturated carbocycles. The van der Waals surface area contributed by atoms with Crippen LogP contribution in [0.25, 0.3) is 0 Å². The number of carbonyl (C=O) groups is 2. The lowest BCUT2D eigenvalue weighted by atomic mass is 10.1. The lowest BCUT2D eigenvalue weighted by Crippen LogP contribution is -2.25. The average Bonchev–Trinajstić information content (AvgIpc) is 2.79. The summed E-state index contributed by atoms with van der Waals surface area (Å²) in [6, 6.07) is 24.5. The minimum absolute atomic E-state index is 0.0411. The molecule has 0 aliphatic heterocycles. The van der Waals surface area contributed by atoms with Crippen molar-refractivity contribution in [3.63, 3.8) is 0 Å². The Balaban J connectivity index is 1.49. The van der Waals surface area contributed by atoms with Crippen LogP contribution >= 0.6 is 0 Å². The Morgan fingerprint density at radius 2 is 1.45 bits per heavy atom. The molecule has 0 unspecified atom stereocenters. The molecule has 0 saturated heterocycles. The highest BCUT2D eigenvalue weighted by Crippen LogP contribution is 2.20. The maximum atomic E-state index is 12.3. The van der Waals surface area contributed by atoms with E-state index in [1.165, 1.54) is 6.92 Å². The molecule has 3 aromatic carbocycles. The largest absolute Gasteiger partial charge is 0.489 e. The van der Waals surface area contributed by atoms with E-state index in [-0.39, 0.29) is 18.4 Å². The van der Waals surface area contributed by atoms with Gasteiger partial charge in [0.25, 0.3) is 5.91 Å². The van der Waals surface area contributed by atoms with Crippen LogP contribution in [-0.2, 0) is 22.7 Å². The summed E-state index contributed by atoms with van der Waals surface area (Å²) in [6.07, 6.45) is 0. The number of anilines is 1. The van der Waals surface area contributed by atoms with Gasteiger partial charge in [-0.15, -0.1) is 0 Å². The van der Waals surface area contributed by atoms with Crippen LogP contribution in [0.3, 0.4) is 0 Å². The van der Waals surface area contributed by atoms with Crippen molar-refractivity contribution in [1.29, 1.82) is 0 Å². The lowest BCUT2D eigenvalue weighted by molar-refractivity contribution is -0.128. The highest BCUT2D eigenvalue weighted by Gasteiger charge is 2.10. The molecule has 6 heteroatoms. The van der Waals surface area contributed by atoms with E-state index in [4.69, 9.17) is 9.47 Å². The van der Waals surface area contributed by atoms with Crippen LogP contribution in [-0.4, -0.2) is 30.4 Å². The number of para-hydroxylation sites is 1. The maximum absolute atomic E-state index is 12.3. The number of benzene rings is 3. The van der Waals surface area contributed by atoms with Gasteiger partial charge in [0.1, 0.15) is 18.1 Å². The first-order valence-corrected chi connectivity index (χ1v) is 10.0. The monoisotopic (exact) mass is 418 g/mol. The van der Waals surface area contributed by atoms with Crippen molar-refractivity contribution in [3.05, 3.63) is 90.0 Å². The van der Waals surface area contributed by atoms with Crippen molar-refractivity contribution >= 4 is 17.5 Å². The fraction of sp³-hybridized carbons (Fsp3) is 0.200. The predicted octanol–water partition coefficient (Wildman–Crippen LogP) is 4.26. The van der Waals surface area contributed by atoms with Gasteiger partial charge in [-0.3, -0.25) is 9.59 Å². The van der Waals surface area contributed by atoms with Crippen LogP contribution in [0.1, 0.15) is 18.1 Å². The van der Waals surface area contributed by atoms with Crippen molar-refractivity contribution < 1.29 is 19.1 Å². The average molecular weight is 418 g/mol. The Hall–Kier alpha value is -3.80. The molecule has 0 atom stereocenters. The number of carbonyl (C=O) groups excluding carboxylic acids is 2. The Morgan fingerprint density at radius 3 is 2.13 bits per heavy atom. The first-order valence-electron chi connectivity index (χ1n) is 10.0. The molecule has 3 rings (SSSR count). The van der Waals surface area contributed by atoms with E-state index in [1.54, 1.807) is 30.1 Å². The zero-order valence-corrected chi connectivity index (χ0v) is 17.7. The van der Waals surface area contributed by atoms with Crippen LogP contribution < -0.4 is 14.8 Å². The molecule has 31 heavy (non-hydrogen) atoms. The number of rotatable bonds is 9.